The second-order valence-electron chi connectivity index (χ2n) is 5.28. The van der Waals surface area contributed by atoms with Crippen LogP contribution in [0.25, 0.3) is 0 Å². The minimum Gasteiger partial charge on any atom is -0.312 e. The molecule has 0 amide bonds. The average Bonchev–Trinajstić information content (AvgIpc) is 2.85. The third-order valence-electron chi connectivity index (χ3n) is 3.57. The van der Waals surface area contributed by atoms with Gasteiger partial charge < -0.3 is 5.32 Å². The number of nitrogens with one attached hydrogen (secondary N) is 1. The molecule has 1 N–H and O–H groups in total. The SMILES string of the molecule is CC(C)N[C@@H]1CCC[C@H](C2CC2)C1. The van der Waals surface area contributed by atoms with Gasteiger partial charge >= 0.3 is 0 Å². The molecule has 0 radical (unpaired) electrons. The molecule has 0 heterocycles. The lowest BCUT2D eigenvalue weighted by molar-refractivity contribution is 0.252. The molecule has 1 heteroatoms. The molecule has 2 aliphatic carbocycles. The van der Waals surface area contributed by atoms with Gasteiger partial charge in [0, 0.05) is 12.1 Å². The predicted molar refractivity (Wildman–Crippen MR) is 56.7 cm³/mol. The van der Waals surface area contributed by atoms with Gasteiger partial charge in [-0.3, -0.25) is 0 Å². The van der Waals surface area contributed by atoms with Crippen LogP contribution in [0.4, 0.5) is 0 Å². The van der Waals surface area contributed by atoms with Gasteiger partial charge in [-0.15, -0.1) is 0 Å². The van der Waals surface area contributed by atoms with Crippen molar-refractivity contribution < 1.29 is 0 Å². The highest BCUT2D eigenvalue weighted by atomic mass is 14.9. The zero-order valence-electron chi connectivity index (χ0n) is 9.05. The third kappa shape index (κ3) is 2.70. The second-order valence-corrected chi connectivity index (χ2v) is 5.28. The van der Waals surface area contributed by atoms with Crippen LogP contribution in [0.3, 0.4) is 0 Å². The fraction of sp³-hybridized carbons (Fsp3) is 1.00. The van der Waals surface area contributed by atoms with E-state index in [1.165, 1.54) is 38.5 Å². The van der Waals surface area contributed by atoms with Crippen LogP contribution >= 0.6 is 0 Å². The van der Waals surface area contributed by atoms with Gasteiger partial charge in [0.2, 0.25) is 0 Å². The molecule has 2 fully saturated rings. The molecule has 0 spiro atoms. The van der Waals surface area contributed by atoms with Gasteiger partial charge in [0.05, 0.1) is 0 Å². The Hall–Kier alpha value is -0.0400. The van der Waals surface area contributed by atoms with Crippen LogP contribution in [-0.4, -0.2) is 12.1 Å². The summed E-state index contributed by atoms with van der Waals surface area (Å²) in [5, 5.41) is 3.69. The summed E-state index contributed by atoms with van der Waals surface area (Å²) >= 11 is 0. The first-order valence-electron chi connectivity index (χ1n) is 6.01. The summed E-state index contributed by atoms with van der Waals surface area (Å²) < 4.78 is 0. The molecule has 0 saturated heterocycles. The van der Waals surface area contributed by atoms with Crippen LogP contribution in [0.1, 0.15) is 52.4 Å². The summed E-state index contributed by atoms with van der Waals surface area (Å²) in [6, 6.07) is 1.50. The van der Waals surface area contributed by atoms with Gasteiger partial charge in [-0.05, 0) is 37.5 Å². The van der Waals surface area contributed by atoms with Crippen molar-refractivity contribution in [3.63, 3.8) is 0 Å². The van der Waals surface area contributed by atoms with Gasteiger partial charge in [0.1, 0.15) is 0 Å². The molecule has 0 bridgehead atoms. The standard InChI is InChI=1S/C12H23N/c1-9(2)13-12-5-3-4-11(8-12)10-6-7-10/h9-13H,3-8H2,1-2H3/t11-,12+/m0/s1. The predicted octanol–water partition coefficient (Wildman–Crippen LogP) is 2.95. The summed E-state index contributed by atoms with van der Waals surface area (Å²) in [7, 11) is 0. The Kier molecular flexibility index (Phi) is 2.92. The van der Waals surface area contributed by atoms with E-state index in [1.807, 2.05) is 0 Å². The van der Waals surface area contributed by atoms with Crippen LogP contribution in [0.15, 0.2) is 0 Å². The fourth-order valence-electron chi connectivity index (χ4n) is 2.85. The normalized spacial score (nSPS) is 35.3. The Balaban J connectivity index is 1.77. The van der Waals surface area contributed by atoms with Crippen LogP contribution in [0, 0.1) is 11.8 Å². The Morgan fingerprint density at radius 2 is 1.77 bits per heavy atom. The average molecular weight is 181 g/mol. The lowest BCUT2D eigenvalue weighted by Gasteiger charge is -2.31. The zero-order valence-corrected chi connectivity index (χ0v) is 9.05. The van der Waals surface area contributed by atoms with Crippen molar-refractivity contribution in [3.8, 4) is 0 Å². The fourth-order valence-corrected chi connectivity index (χ4v) is 2.85. The first kappa shape index (κ1) is 9.51. The van der Waals surface area contributed by atoms with Crippen molar-refractivity contribution in [1.82, 2.24) is 5.32 Å². The van der Waals surface area contributed by atoms with Crippen molar-refractivity contribution in [1.29, 1.82) is 0 Å². The molecule has 13 heavy (non-hydrogen) atoms. The molecule has 0 aromatic rings. The molecular weight excluding hydrogens is 158 g/mol. The summed E-state index contributed by atoms with van der Waals surface area (Å²) in [5.74, 6) is 2.20. The largest absolute Gasteiger partial charge is 0.312 e. The molecule has 2 saturated carbocycles. The summed E-state index contributed by atoms with van der Waals surface area (Å²) in [4.78, 5) is 0. The van der Waals surface area contributed by atoms with Crippen molar-refractivity contribution in [3.05, 3.63) is 0 Å². The third-order valence-corrected chi connectivity index (χ3v) is 3.57. The number of rotatable bonds is 3. The maximum atomic E-state index is 3.69. The molecule has 2 aliphatic rings. The Bertz CT molecular complexity index is 161. The van der Waals surface area contributed by atoms with E-state index in [4.69, 9.17) is 0 Å². The van der Waals surface area contributed by atoms with Crippen LogP contribution in [0.2, 0.25) is 0 Å². The molecule has 0 aliphatic heterocycles. The zero-order chi connectivity index (χ0) is 9.26. The molecule has 0 unspecified atom stereocenters. The molecule has 0 aromatic carbocycles. The van der Waals surface area contributed by atoms with Crippen molar-refractivity contribution in [2.45, 2.75) is 64.5 Å². The van der Waals surface area contributed by atoms with Crippen LogP contribution in [-0.2, 0) is 0 Å². The lowest BCUT2D eigenvalue weighted by atomic mass is 9.82. The van der Waals surface area contributed by atoms with E-state index in [2.05, 4.69) is 19.2 Å². The quantitative estimate of drug-likeness (QED) is 0.706. The Labute approximate surface area is 82.3 Å². The van der Waals surface area contributed by atoms with Crippen molar-refractivity contribution >= 4 is 0 Å². The molecular formula is C12H23N. The Morgan fingerprint density at radius 3 is 2.38 bits per heavy atom. The van der Waals surface area contributed by atoms with E-state index in [-0.39, 0.29) is 0 Å². The molecule has 2 rings (SSSR count). The summed E-state index contributed by atoms with van der Waals surface area (Å²) in [6.07, 6.45) is 8.91. The van der Waals surface area contributed by atoms with Gasteiger partial charge in [-0.25, -0.2) is 0 Å². The van der Waals surface area contributed by atoms with E-state index in [0.717, 1.165) is 17.9 Å². The number of hydrogen-bond donors (Lipinski definition) is 1. The highest BCUT2D eigenvalue weighted by Crippen LogP contribution is 2.43. The van der Waals surface area contributed by atoms with Gasteiger partial charge in [0.25, 0.3) is 0 Å². The van der Waals surface area contributed by atoms with Crippen LogP contribution in [0.5, 0.6) is 0 Å². The maximum absolute atomic E-state index is 3.69. The van der Waals surface area contributed by atoms with Gasteiger partial charge in [-0.2, -0.15) is 0 Å². The van der Waals surface area contributed by atoms with E-state index >= 15 is 0 Å². The molecule has 2 atom stereocenters. The minimum atomic E-state index is 0.669. The topological polar surface area (TPSA) is 12.0 Å². The van der Waals surface area contributed by atoms with E-state index in [9.17, 15) is 0 Å². The van der Waals surface area contributed by atoms with Crippen molar-refractivity contribution in [2.75, 3.05) is 0 Å². The minimum absolute atomic E-state index is 0.669. The van der Waals surface area contributed by atoms with Gasteiger partial charge in [0.15, 0.2) is 0 Å². The highest BCUT2D eigenvalue weighted by molar-refractivity contribution is 4.88. The van der Waals surface area contributed by atoms with E-state index < -0.39 is 0 Å². The summed E-state index contributed by atoms with van der Waals surface area (Å²) in [5.41, 5.74) is 0. The monoisotopic (exact) mass is 181 g/mol. The first-order chi connectivity index (χ1) is 6.25. The Morgan fingerprint density at radius 1 is 1.00 bits per heavy atom. The van der Waals surface area contributed by atoms with E-state index in [0.29, 0.717) is 6.04 Å². The smallest absolute Gasteiger partial charge is 0.00721 e. The second kappa shape index (κ2) is 4.00. The number of hydrogen-bond acceptors (Lipinski definition) is 1. The molecule has 0 aromatic heterocycles. The van der Waals surface area contributed by atoms with Crippen LogP contribution < -0.4 is 5.32 Å². The molecule has 76 valence electrons. The summed E-state index contributed by atoms with van der Waals surface area (Å²) in [6.45, 7) is 4.53. The van der Waals surface area contributed by atoms with Crippen molar-refractivity contribution in [2.24, 2.45) is 11.8 Å². The van der Waals surface area contributed by atoms with Gasteiger partial charge in [-0.1, -0.05) is 26.7 Å². The van der Waals surface area contributed by atoms with E-state index in [1.54, 1.807) is 0 Å². The maximum Gasteiger partial charge on any atom is 0.00721 e. The highest BCUT2D eigenvalue weighted by Gasteiger charge is 2.34. The molecule has 1 nitrogen and oxygen atoms in total. The lowest BCUT2D eigenvalue weighted by Crippen LogP contribution is -2.38. The first-order valence-corrected chi connectivity index (χ1v) is 6.01.